The smallest absolute Gasteiger partial charge is 0.302 e. The predicted octanol–water partition coefficient (Wildman–Crippen LogP) is 12.6. The summed E-state index contributed by atoms with van der Waals surface area (Å²) >= 11 is 0. The molecule has 0 radical (unpaired) electrons. The molecule has 4 aliphatic rings. The van der Waals surface area contributed by atoms with Crippen LogP contribution in [0.3, 0.4) is 0 Å². The van der Waals surface area contributed by atoms with Crippen molar-refractivity contribution in [3.05, 3.63) is 334 Å². The van der Waals surface area contributed by atoms with Crippen molar-refractivity contribution in [1.82, 2.24) is 16.0 Å². The summed E-state index contributed by atoms with van der Waals surface area (Å²) in [5.41, 5.74) is 18.1. The normalized spacial score (nSPS) is 26.4. The van der Waals surface area contributed by atoms with E-state index in [4.69, 9.17) is 80.5 Å². The molecule has 4 aliphatic heterocycles. The van der Waals surface area contributed by atoms with E-state index in [0.29, 0.717) is 0 Å². The zero-order valence-electron chi connectivity index (χ0n) is 68.6. The third kappa shape index (κ3) is 26.3. The van der Waals surface area contributed by atoms with Crippen LogP contribution in [-0.4, -0.2) is 173 Å². The van der Waals surface area contributed by atoms with E-state index in [1.165, 1.54) is 27.7 Å². The Labute approximate surface area is 710 Å². The monoisotopic (exact) mass is 1670 g/mol. The van der Waals surface area contributed by atoms with Crippen LogP contribution in [0.1, 0.15) is 77.8 Å². The van der Waals surface area contributed by atoms with Gasteiger partial charge in [0.05, 0.1) is 79.3 Å². The number of hydrogen-bond donors (Lipinski definition) is 3. The number of benzene rings is 9. The van der Waals surface area contributed by atoms with Gasteiger partial charge in [0.1, 0.15) is 104 Å². The zero-order chi connectivity index (χ0) is 84.6. The standard InChI is InChI=1S/C95H106N6O21/c1-63(102)97-80-88(111-54-71-40-22-9-23-41-71)87(79(62-109-66(4)105)116-92(80)115-58-75-48-30-13-31-49-75)121-94-81(98-64(2)103)89(112-55-72-42-24-10-25-43-72)85(77(118-94)60-107-51-68-34-16-6-17-35-68)120-93-82(99-65(3)104)90(113-56-73-44-26-11-27-45-73)86(78(119-93)61-108-52-69-36-18-7-19-37-69)122-95-83(100-101-96)91(114-57-74-46-28-12-29-47-74)84(110-53-70-38-20-8-21-39-70)76(117-95)59-106-50-67-32-14-5-15-33-67/h5-49,76-95H,50-62H2,1-4H3,(H,97,102)(H,98,103)(H,99,104)/t76-,77-,78-,79-,80-,81-,82-,83-,84-,85-,86-,87-,88-,89-,90-,91-,92-,93+,94+,95+/m1/s1. The Bertz CT molecular complexity index is 4650. The van der Waals surface area contributed by atoms with Crippen molar-refractivity contribution >= 4 is 23.7 Å². The summed E-state index contributed by atoms with van der Waals surface area (Å²) in [7, 11) is 0. The van der Waals surface area contributed by atoms with Crippen molar-refractivity contribution in [2.24, 2.45) is 5.11 Å². The minimum absolute atomic E-state index is 0.0272. The summed E-state index contributed by atoms with van der Waals surface area (Å²) in [6.07, 6.45) is -20.8. The first kappa shape index (κ1) is 89.3. The second kappa shape index (κ2) is 46.7. The lowest BCUT2D eigenvalue weighted by Gasteiger charge is -2.52. The lowest BCUT2D eigenvalue weighted by Crippen LogP contribution is -2.72. The molecule has 122 heavy (non-hydrogen) atoms. The van der Waals surface area contributed by atoms with E-state index < -0.39 is 153 Å². The van der Waals surface area contributed by atoms with Crippen LogP contribution < -0.4 is 16.0 Å². The number of carbonyl (C=O) groups is 4. The molecule has 0 spiro atoms. The van der Waals surface area contributed by atoms with Gasteiger partial charge in [-0.3, -0.25) is 19.2 Å². The number of ether oxygens (including phenoxy) is 17. The number of hydrogen-bond acceptors (Lipinski definition) is 22. The summed E-state index contributed by atoms with van der Waals surface area (Å²) < 4.78 is 120. The molecule has 642 valence electrons. The van der Waals surface area contributed by atoms with E-state index in [2.05, 4.69) is 26.0 Å². The molecule has 0 unspecified atom stereocenters. The third-order valence-corrected chi connectivity index (χ3v) is 21.0. The lowest BCUT2D eigenvalue weighted by atomic mass is 9.92. The van der Waals surface area contributed by atoms with Crippen molar-refractivity contribution in [2.45, 2.75) is 210 Å². The van der Waals surface area contributed by atoms with E-state index in [0.717, 1.165) is 50.1 Å². The fraction of sp³-hybridized carbons (Fsp3) is 0.389. The number of azide groups is 1. The molecule has 0 aromatic heterocycles. The molecule has 27 heteroatoms. The molecule has 9 aromatic rings. The summed E-state index contributed by atoms with van der Waals surface area (Å²) in [6, 6.07) is 80.3. The summed E-state index contributed by atoms with van der Waals surface area (Å²) in [6.45, 7) is 4.58. The van der Waals surface area contributed by atoms with Crippen LogP contribution in [0.2, 0.25) is 0 Å². The Kier molecular flexibility index (Phi) is 34.2. The molecule has 4 heterocycles. The molecule has 13 rings (SSSR count). The van der Waals surface area contributed by atoms with Crippen LogP contribution in [0.15, 0.2) is 278 Å². The van der Waals surface area contributed by atoms with Gasteiger partial charge in [-0.1, -0.05) is 278 Å². The highest BCUT2D eigenvalue weighted by Crippen LogP contribution is 2.40. The second-order valence-corrected chi connectivity index (χ2v) is 30.3. The molecule has 20 atom stereocenters. The van der Waals surface area contributed by atoms with E-state index in [1.807, 2.05) is 273 Å². The van der Waals surface area contributed by atoms with Crippen molar-refractivity contribution in [3.8, 4) is 0 Å². The first-order valence-electron chi connectivity index (χ1n) is 41.1. The van der Waals surface area contributed by atoms with Gasteiger partial charge in [0, 0.05) is 32.6 Å². The molecule has 0 aliphatic carbocycles. The lowest BCUT2D eigenvalue weighted by molar-refractivity contribution is -0.371. The number of rotatable bonds is 42. The van der Waals surface area contributed by atoms with E-state index in [1.54, 1.807) is 0 Å². The Morgan fingerprint density at radius 3 is 0.828 bits per heavy atom. The number of nitrogens with one attached hydrogen (secondary N) is 3. The first-order valence-corrected chi connectivity index (χ1v) is 41.1. The Balaban J connectivity index is 0.927. The van der Waals surface area contributed by atoms with Crippen LogP contribution in [0, 0.1) is 0 Å². The minimum atomic E-state index is -1.60. The van der Waals surface area contributed by atoms with E-state index >= 15 is 0 Å². The number of nitrogens with zero attached hydrogens (tertiary/aromatic N) is 3. The van der Waals surface area contributed by atoms with Gasteiger partial charge >= 0.3 is 5.97 Å². The maximum absolute atomic E-state index is 14.5. The van der Waals surface area contributed by atoms with E-state index in [-0.39, 0.29) is 79.3 Å². The fourth-order valence-electron chi connectivity index (χ4n) is 15.3. The van der Waals surface area contributed by atoms with E-state index in [9.17, 15) is 24.7 Å². The molecule has 0 saturated carbocycles. The Hall–Kier alpha value is -10.5. The predicted molar refractivity (Wildman–Crippen MR) is 446 cm³/mol. The van der Waals surface area contributed by atoms with Crippen molar-refractivity contribution in [3.63, 3.8) is 0 Å². The molecule has 4 fully saturated rings. The summed E-state index contributed by atoms with van der Waals surface area (Å²) in [5, 5.41) is 13.8. The topological polar surface area (TPSA) is 310 Å². The van der Waals surface area contributed by atoms with Gasteiger partial charge in [0.15, 0.2) is 25.2 Å². The van der Waals surface area contributed by atoms with Gasteiger partial charge in [-0.15, -0.1) is 0 Å². The van der Waals surface area contributed by atoms with Crippen LogP contribution in [0.5, 0.6) is 0 Å². The van der Waals surface area contributed by atoms with Crippen molar-refractivity contribution in [2.75, 3.05) is 26.4 Å². The highest BCUT2D eigenvalue weighted by molar-refractivity contribution is 5.74. The van der Waals surface area contributed by atoms with Gasteiger partial charge in [0.2, 0.25) is 17.7 Å². The van der Waals surface area contributed by atoms with Crippen LogP contribution in [0.4, 0.5) is 0 Å². The van der Waals surface area contributed by atoms with Gasteiger partial charge < -0.3 is 96.5 Å². The minimum Gasteiger partial charge on any atom is -0.463 e. The highest BCUT2D eigenvalue weighted by atomic mass is 16.8. The summed E-state index contributed by atoms with van der Waals surface area (Å²) in [5.74, 6) is -2.20. The molecule has 4 saturated heterocycles. The van der Waals surface area contributed by atoms with Crippen LogP contribution >= 0.6 is 0 Å². The zero-order valence-corrected chi connectivity index (χ0v) is 68.6. The molecule has 3 amide bonds. The largest absolute Gasteiger partial charge is 0.463 e. The molecule has 3 N–H and O–H groups in total. The maximum Gasteiger partial charge on any atom is 0.302 e. The van der Waals surface area contributed by atoms with Crippen molar-refractivity contribution in [1.29, 1.82) is 0 Å². The molecule has 0 bridgehead atoms. The van der Waals surface area contributed by atoms with Gasteiger partial charge in [-0.25, -0.2) is 0 Å². The highest BCUT2D eigenvalue weighted by Gasteiger charge is 2.59. The Morgan fingerprint density at radius 1 is 0.295 bits per heavy atom. The molecular weight excluding hydrogens is 1560 g/mol. The Morgan fingerprint density at radius 2 is 0.533 bits per heavy atom. The number of carbonyl (C=O) groups excluding carboxylic acids is 4. The van der Waals surface area contributed by atoms with Gasteiger partial charge in [-0.05, 0) is 55.6 Å². The quantitative estimate of drug-likeness (QED) is 0.0138. The maximum atomic E-state index is 14.5. The summed E-state index contributed by atoms with van der Waals surface area (Å²) in [4.78, 5) is 59.2. The van der Waals surface area contributed by atoms with Gasteiger partial charge in [0.25, 0.3) is 0 Å². The fourth-order valence-corrected chi connectivity index (χ4v) is 15.3. The second-order valence-electron chi connectivity index (χ2n) is 30.3. The van der Waals surface area contributed by atoms with Gasteiger partial charge in [-0.2, -0.15) is 0 Å². The average molecular weight is 1670 g/mol. The molecule has 9 aromatic carbocycles. The first-order chi connectivity index (χ1) is 59.7. The SMILES string of the molecule is CC(=O)N[C@H]1[C@H](O[C@H]2[C@H](OCc3ccccc3)[C@@H](NC(C)=O)[C@H](O[C@H]3[C@H](OCc4ccccc4)[C@@H](NC(C)=O)[C@H](OCc4ccccc4)O[C@@H]3COC(C)=O)O[C@@H]2COCc2ccccc2)O[C@H](COCc2ccccc2)[C@@H](O[C@@H]2O[C@H](COCc3ccccc3)[C@@H](OCc3ccccc3)[C@H](OCc3ccccc3)[C@H]2N=[N+]=[N-])[C@@H]1OCc1ccccc1. The van der Waals surface area contributed by atoms with Crippen LogP contribution in [0.25, 0.3) is 10.4 Å². The third-order valence-electron chi connectivity index (χ3n) is 21.0. The van der Waals surface area contributed by atoms with Crippen LogP contribution in [-0.2, 0) is 159 Å². The number of amides is 3. The van der Waals surface area contributed by atoms with Crippen molar-refractivity contribution < 1.29 is 99.7 Å². The number of esters is 1. The molecule has 27 nitrogen and oxygen atoms in total. The average Bonchev–Trinajstić information content (AvgIpc) is 0.774. The molecular formula is C95H106N6O21.